The normalized spacial score (nSPS) is 11.8. The van der Waals surface area contributed by atoms with Crippen molar-refractivity contribution in [3.05, 3.63) is 53.6 Å². The molecule has 0 unspecified atom stereocenters. The topological polar surface area (TPSA) is 38.3 Å². The van der Waals surface area contributed by atoms with Crippen LogP contribution in [-0.2, 0) is 4.79 Å². The molecule has 1 atom stereocenters. The summed E-state index contributed by atoms with van der Waals surface area (Å²) >= 11 is 7.52. The lowest BCUT2D eigenvalue weighted by molar-refractivity contribution is -0.115. The molecule has 0 aromatic heterocycles. The van der Waals surface area contributed by atoms with E-state index in [9.17, 15) is 4.79 Å². The Bertz CT molecular complexity index is 616. The van der Waals surface area contributed by atoms with E-state index >= 15 is 0 Å². The molecule has 0 aliphatic rings. The van der Waals surface area contributed by atoms with E-state index in [0.717, 1.165) is 10.6 Å². The molecule has 0 saturated carbocycles. The van der Waals surface area contributed by atoms with E-state index in [-0.39, 0.29) is 11.2 Å². The van der Waals surface area contributed by atoms with Crippen LogP contribution >= 0.6 is 23.4 Å². The van der Waals surface area contributed by atoms with Crippen molar-refractivity contribution in [1.29, 1.82) is 0 Å². The zero-order chi connectivity index (χ0) is 15.2. The Hall–Kier alpha value is -1.65. The van der Waals surface area contributed by atoms with E-state index in [2.05, 4.69) is 5.32 Å². The Labute approximate surface area is 133 Å². The molecule has 2 rings (SSSR count). The fourth-order valence-corrected chi connectivity index (χ4v) is 2.76. The molecular weight excluding hydrogens is 306 g/mol. The number of hydrogen-bond donors (Lipinski definition) is 1. The van der Waals surface area contributed by atoms with Crippen molar-refractivity contribution >= 4 is 35.0 Å². The van der Waals surface area contributed by atoms with Crippen LogP contribution in [0.25, 0.3) is 0 Å². The highest BCUT2D eigenvalue weighted by atomic mass is 35.5. The highest BCUT2D eigenvalue weighted by Gasteiger charge is 2.15. The lowest BCUT2D eigenvalue weighted by atomic mass is 10.3. The number of thioether (sulfide) groups is 1. The second kappa shape index (κ2) is 7.38. The highest BCUT2D eigenvalue weighted by molar-refractivity contribution is 8.00. The lowest BCUT2D eigenvalue weighted by Gasteiger charge is -2.13. The SMILES string of the molecule is COc1ccc(S[C@H](C)C(=O)Nc2ccccc2Cl)cc1. The van der Waals surface area contributed by atoms with Gasteiger partial charge in [0.25, 0.3) is 0 Å². The number of halogens is 1. The van der Waals surface area contributed by atoms with Gasteiger partial charge in [0.15, 0.2) is 0 Å². The van der Waals surface area contributed by atoms with E-state index < -0.39 is 0 Å². The molecule has 0 fully saturated rings. The van der Waals surface area contributed by atoms with Crippen molar-refractivity contribution in [2.75, 3.05) is 12.4 Å². The Morgan fingerprint density at radius 1 is 1.19 bits per heavy atom. The van der Waals surface area contributed by atoms with Crippen molar-refractivity contribution < 1.29 is 9.53 Å². The zero-order valence-electron chi connectivity index (χ0n) is 11.8. The number of nitrogens with one attached hydrogen (secondary N) is 1. The molecule has 0 spiro atoms. The van der Waals surface area contributed by atoms with E-state index in [4.69, 9.17) is 16.3 Å². The average molecular weight is 322 g/mol. The highest BCUT2D eigenvalue weighted by Crippen LogP contribution is 2.27. The molecule has 2 aromatic rings. The molecule has 1 N–H and O–H groups in total. The Morgan fingerprint density at radius 2 is 1.86 bits per heavy atom. The summed E-state index contributed by atoms with van der Waals surface area (Å²) in [7, 11) is 1.63. The molecule has 0 saturated heterocycles. The smallest absolute Gasteiger partial charge is 0.237 e. The second-order valence-corrected chi connectivity index (χ2v) is 6.23. The van der Waals surface area contributed by atoms with E-state index in [1.807, 2.05) is 43.3 Å². The van der Waals surface area contributed by atoms with Gasteiger partial charge in [0, 0.05) is 4.90 Å². The number of para-hydroxylation sites is 1. The summed E-state index contributed by atoms with van der Waals surface area (Å²) in [6.45, 7) is 1.86. The van der Waals surface area contributed by atoms with Gasteiger partial charge in [-0.05, 0) is 43.3 Å². The van der Waals surface area contributed by atoms with Gasteiger partial charge in [-0.2, -0.15) is 0 Å². The van der Waals surface area contributed by atoms with Gasteiger partial charge in [-0.15, -0.1) is 11.8 Å². The number of carbonyl (C=O) groups excluding carboxylic acids is 1. The van der Waals surface area contributed by atoms with Crippen molar-refractivity contribution in [1.82, 2.24) is 0 Å². The van der Waals surface area contributed by atoms with Crippen LogP contribution in [0, 0.1) is 0 Å². The molecule has 110 valence electrons. The first-order chi connectivity index (χ1) is 10.1. The van der Waals surface area contributed by atoms with Crippen LogP contribution in [0.1, 0.15) is 6.92 Å². The largest absolute Gasteiger partial charge is 0.497 e. The third-order valence-electron chi connectivity index (χ3n) is 2.87. The van der Waals surface area contributed by atoms with Crippen LogP contribution < -0.4 is 10.1 Å². The quantitative estimate of drug-likeness (QED) is 0.826. The second-order valence-electron chi connectivity index (χ2n) is 4.40. The van der Waals surface area contributed by atoms with Gasteiger partial charge in [0.1, 0.15) is 5.75 Å². The number of benzene rings is 2. The fraction of sp³-hybridized carbons (Fsp3) is 0.188. The Balaban J connectivity index is 1.97. The summed E-state index contributed by atoms with van der Waals surface area (Å²) in [5, 5.41) is 3.14. The third-order valence-corrected chi connectivity index (χ3v) is 4.31. The number of amides is 1. The maximum Gasteiger partial charge on any atom is 0.237 e. The number of ether oxygens (including phenoxy) is 1. The molecule has 0 aliphatic carbocycles. The fourth-order valence-electron chi connectivity index (χ4n) is 1.71. The van der Waals surface area contributed by atoms with Crippen LogP contribution in [0.2, 0.25) is 5.02 Å². The molecule has 0 radical (unpaired) electrons. The predicted molar refractivity (Wildman–Crippen MR) is 88.4 cm³/mol. The van der Waals surface area contributed by atoms with Crippen LogP contribution in [0.3, 0.4) is 0 Å². The van der Waals surface area contributed by atoms with Crippen LogP contribution in [0.5, 0.6) is 5.75 Å². The van der Waals surface area contributed by atoms with Gasteiger partial charge in [0.2, 0.25) is 5.91 Å². The zero-order valence-corrected chi connectivity index (χ0v) is 13.4. The van der Waals surface area contributed by atoms with Gasteiger partial charge in [-0.25, -0.2) is 0 Å². The number of hydrogen-bond acceptors (Lipinski definition) is 3. The van der Waals surface area contributed by atoms with Gasteiger partial charge in [-0.3, -0.25) is 4.79 Å². The maximum absolute atomic E-state index is 12.2. The summed E-state index contributed by atoms with van der Waals surface area (Å²) in [5.74, 6) is 0.719. The van der Waals surface area contributed by atoms with Crippen molar-refractivity contribution in [3.63, 3.8) is 0 Å². The molecule has 21 heavy (non-hydrogen) atoms. The van der Waals surface area contributed by atoms with Crippen molar-refractivity contribution in [2.24, 2.45) is 0 Å². The van der Waals surface area contributed by atoms with Crippen LogP contribution in [0.15, 0.2) is 53.4 Å². The van der Waals surface area contributed by atoms with Gasteiger partial charge >= 0.3 is 0 Å². The first-order valence-corrected chi connectivity index (χ1v) is 7.72. The molecular formula is C16H16ClNO2S. The summed E-state index contributed by atoms with van der Waals surface area (Å²) in [4.78, 5) is 13.2. The summed E-state index contributed by atoms with van der Waals surface area (Å²) in [6, 6.07) is 14.8. The maximum atomic E-state index is 12.2. The first-order valence-electron chi connectivity index (χ1n) is 6.46. The van der Waals surface area contributed by atoms with Crippen molar-refractivity contribution in [2.45, 2.75) is 17.1 Å². The van der Waals surface area contributed by atoms with Crippen LogP contribution in [0.4, 0.5) is 5.69 Å². The average Bonchev–Trinajstić information content (AvgIpc) is 2.50. The summed E-state index contributed by atoms with van der Waals surface area (Å²) < 4.78 is 5.11. The molecule has 0 heterocycles. The Kier molecular flexibility index (Phi) is 5.53. The van der Waals surface area contributed by atoms with E-state index in [1.54, 1.807) is 19.2 Å². The molecule has 0 aliphatic heterocycles. The monoisotopic (exact) mass is 321 g/mol. The number of anilines is 1. The summed E-state index contributed by atoms with van der Waals surface area (Å²) in [5.41, 5.74) is 0.631. The minimum Gasteiger partial charge on any atom is -0.497 e. The van der Waals surface area contributed by atoms with Gasteiger partial charge in [0.05, 0.1) is 23.1 Å². The number of carbonyl (C=O) groups is 1. The van der Waals surface area contributed by atoms with Gasteiger partial charge in [-0.1, -0.05) is 23.7 Å². The van der Waals surface area contributed by atoms with Gasteiger partial charge < -0.3 is 10.1 Å². The van der Waals surface area contributed by atoms with E-state index in [1.165, 1.54) is 11.8 Å². The minimum absolute atomic E-state index is 0.0797. The first kappa shape index (κ1) is 15.7. The molecule has 2 aromatic carbocycles. The minimum atomic E-state index is -0.227. The predicted octanol–water partition coefficient (Wildman–Crippen LogP) is 4.47. The third kappa shape index (κ3) is 4.41. The Morgan fingerprint density at radius 3 is 2.48 bits per heavy atom. The number of methoxy groups -OCH3 is 1. The van der Waals surface area contributed by atoms with E-state index in [0.29, 0.717) is 10.7 Å². The number of rotatable bonds is 5. The molecule has 1 amide bonds. The summed E-state index contributed by atoms with van der Waals surface area (Å²) in [6.07, 6.45) is 0. The van der Waals surface area contributed by atoms with Crippen molar-refractivity contribution in [3.8, 4) is 5.75 Å². The lowest BCUT2D eigenvalue weighted by Crippen LogP contribution is -2.22. The molecule has 5 heteroatoms. The van der Waals surface area contributed by atoms with Crippen LogP contribution in [-0.4, -0.2) is 18.3 Å². The molecule has 0 bridgehead atoms. The molecule has 3 nitrogen and oxygen atoms in total. The standard InChI is InChI=1S/C16H16ClNO2S/c1-11(21-13-9-7-12(20-2)8-10-13)16(19)18-15-6-4-3-5-14(15)17/h3-11H,1-2H3,(H,18,19)/t11-/m1/s1.